The second kappa shape index (κ2) is 23.4. The van der Waals surface area contributed by atoms with Gasteiger partial charge in [0.2, 0.25) is 18.6 Å². The lowest BCUT2D eigenvalue weighted by atomic mass is 9.81. The number of carbonyl (C=O) groups excluding carboxylic acids is 7. The number of cyclic esters (lactones) is 2. The lowest BCUT2D eigenvalue weighted by Gasteiger charge is -2.33. The molecule has 3 aliphatic rings. The number of carboxylic acid groups (broad SMARTS) is 1. The number of Topliss-reactive ketones (excluding diaryl/α,β-unsaturated/α-hetero) is 3. The Morgan fingerprint density at radius 1 is 0.750 bits per heavy atom. The van der Waals surface area contributed by atoms with E-state index in [0.717, 1.165) is 19.3 Å². The number of fused-ring (bicyclic) bond motifs is 6. The van der Waals surface area contributed by atoms with E-state index in [1.165, 1.54) is 0 Å². The number of carbonyl (C=O) groups is 8. The van der Waals surface area contributed by atoms with Crippen molar-refractivity contribution in [2.24, 2.45) is 29.6 Å². The minimum atomic E-state index is -0.988. The molecule has 17 heteroatoms. The molecule has 1 aliphatic carbocycles. The van der Waals surface area contributed by atoms with E-state index in [1.807, 2.05) is 18.7 Å². The molecular weight excluding hydrogens is 728 g/mol. The average molecular weight is 793 g/mol. The number of hydrogen-bond donors (Lipinski definition) is 3. The van der Waals surface area contributed by atoms with Gasteiger partial charge in [-0.15, -0.1) is 0 Å². The van der Waals surface area contributed by atoms with Crippen LogP contribution in [0.1, 0.15) is 73.1 Å². The summed E-state index contributed by atoms with van der Waals surface area (Å²) in [5.41, 5.74) is 0. The van der Waals surface area contributed by atoms with E-state index < -0.39 is 42.6 Å². The number of aliphatic carboxylic acids is 1. The molecule has 0 radical (unpaired) electrons. The van der Waals surface area contributed by atoms with Gasteiger partial charge in [0.15, 0.2) is 11.6 Å². The third-order valence-corrected chi connectivity index (χ3v) is 11.1. The summed E-state index contributed by atoms with van der Waals surface area (Å²) in [5.74, 6) is -3.78. The van der Waals surface area contributed by atoms with Gasteiger partial charge < -0.3 is 25.2 Å². The Balaban J connectivity index is 1.51. The van der Waals surface area contributed by atoms with Gasteiger partial charge in [-0.05, 0) is 37.5 Å². The molecule has 3 N–H and O–H groups in total. The van der Waals surface area contributed by atoms with Crippen LogP contribution in [-0.2, 0) is 47.8 Å². The normalized spacial score (nSPS) is 24.5. The third-order valence-electron chi connectivity index (χ3n) is 11.1. The van der Waals surface area contributed by atoms with Crippen LogP contribution in [0.2, 0.25) is 0 Å². The Morgan fingerprint density at radius 2 is 1.30 bits per heavy atom. The summed E-state index contributed by atoms with van der Waals surface area (Å²) in [6.45, 7) is 11.4. The molecule has 0 aromatic rings. The fraction of sp³-hybridized carbons (Fsp3) is 0.795. The van der Waals surface area contributed by atoms with Crippen LogP contribution >= 0.6 is 0 Å². The summed E-state index contributed by atoms with van der Waals surface area (Å²) >= 11 is 0. The molecule has 17 nitrogen and oxygen atoms in total. The third kappa shape index (κ3) is 16.4. The number of nitrogens with zero attached hydrogens (tertiary/aromatic N) is 4. The van der Waals surface area contributed by atoms with E-state index in [2.05, 4.69) is 24.5 Å². The van der Waals surface area contributed by atoms with Crippen molar-refractivity contribution < 1.29 is 52.9 Å². The molecule has 1 saturated carbocycles. The van der Waals surface area contributed by atoms with Crippen molar-refractivity contribution in [1.29, 1.82) is 0 Å². The zero-order chi connectivity index (χ0) is 41.4. The van der Waals surface area contributed by atoms with Crippen molar-refractivity contribution in [2.45, 2.75) is 79.2 Å². The largest absolute Gasteiger partial charge is 0.480 e. The van der Waals surface area contributed by atoms with Crippen molar-refractivity contribution in [2.75, 3.05) is 91.9 Å². The lowest BCUT2D eigenvalue weighted by molar-refractivity contribution is -0.169. The highest BCUT2D eigenvalue weighted by Crippen LogP contribution is 2.38. The van der Waals surface area contributed by atoms with Crippen LogP contribution in [-0.4, -0.2) is 170 Å². The first-order valence-corrected chi connectivity index (χ1v) is 20.1. The van der Waals surface area contributed by atoms with Crippen LogP contribution in [0.25, 0.3) is 0 Å². The molecule has 0 aromatic heterocycles. The Labute approximate surface area is 330 Å². The van der Waals surface area contributed by atoms with E-state index in [4.69, 9.17) is 9.47 Å². The summed E-state index contributed by atoms with van der Waals surface area (Å²) in [7, 11) is 0. The summed E-state index contributed by atoms with van der Waals surface area (Å²) in [6, 6.07) is -0.658. The van der Waals surface area contributed by atoms with E-state index in [1.54, 1.807) is 21.6 Å². The van der Waals surface area contributed by atoms with E-state index >= 15 is 0 Å². The molecule has 0 aromatic carbocycles. The molecule has 316 valence electrons. The Morgan fingerprint density at radius 3 is 1.82 bits per heavy atom. The van der Waals surface area contributed by atoms with Crippen molar-refractivity contribution in [3.05, 3.63) is 0 Å². The fourth-order valence-corrected chi connectivity index (χ4v) is 7.69. The first-order chi connectivity index (χ1) is 26.5. The molecule has 2 saturated heterocycles. The molecule has 56 heavy (non-hydrogen) atoms. The Hall–Kier alpha value is -3.80. The molecule has 2 amide bonds. The standard InChI is InChI=1S/C39H64N6O11/c1-26(2)31-7-6-8-32(31)38(53)28(5)41-39(54)33(27(3)4)19-30(47)20-40-34(48)10-9-29(46)21-42-11-15-44-17-13-43(22-35(49)50)14-18-45(16-12-42)24-37(52)56-25-55-36(51)23-44/h26-28,31-33H,6-25H2,1-5H3,(H,40,48)(H,41,54)(H,49,50)/t28-,31+,32?,33+/m1/s1. The van der Waals surface area contributed by atoms with Gasteiger partial charge in [-0.1, -0.05) is 34.1 Å². The van der Waals surface area contributed by atoms with Crippen LogP contribution in [0.15, 0.2) is 0 Å². The molecule has 6 atom stereocenters. The predicted octanol–water partition coefficient (Wildman–Crippen LogP) is 0.193. The minimum Gasteiger partial charge on any atom is -0.480 e. The zero-order valence-electron chi connectivity index (χ0n) is 33.9. The number of amides is 2. The van der Waals surface area contributed by atoms with Crippen LogP contribution in [0.5, 0.6) is 0 Å². The van der Waals surface area contributed by atoms with Crippen molar-refractivity contribution in [3.8, 4) is 0 Å². The van der Waals surface area contributed by atoms with Gasteiger partial charge in [0.05, 0.1) is 38.8 Å². The van der Waals surface area contributed by atoms with E-state index in [-0.39, 0.29) is 87.1 Å². The average Bonchev–Trinajstić information content (AvgIpc) is 3.62. The first-order valence-electron chi connectivity index (χ1n) is 20.1. The van der Waals surface area contributed by atoms with Crippen LogP contribution in [0, 0.1) is 29.6 Å². The van der Waals surface area contributed by atoms with Gasteiger partial charge in [-0.25, -0.2) is 0 Å². The predicted molar refractivity (Wildman–Crippen MR) is 204 cm³/mol. The van der Waals surface area contributed by atoms with Gasteiger partial charge >= 0.3 is 17.9 Å². The molecule has 3 fully saturated rings. The monoisotopic (exact) mass is 792 g/mol. The minimum absolute atomic E-state index is 0.0128. The topological polar surface area (TPSA) is 212 Å². The van der Waals surface area contributed by atoms with Gasteiger partial charge in [0.25, 0.3) is 0 Å². The van der Waals surface area contributed by atoms with E-state index in [0.29, 0.717) is 64.2 Å². The van der Waals surface area contributed by atoms with Gasteiger partial charge in [0, 0.05) is 83.5 Å². The molecule has 2 aliphatic heterocycles. The van der Waals surface area contributed by atoms with Gasteiger partial charge in [-0.3, -0.25) is 58.0 Å². The number of hydrogen-bond acceptors (Lipinski definition) is 14. The molecular formula is C39H64N6O11. The molecule has 2 heterocycles. The number of esters is 2. The maximum absolute atomic E-state index is 13.2. The summed E-state index contributed by atoms with van der Waals surface area (Å²) in [4.78, 5) is 109. The summed E-state index contributed by atoms with van der Waals surface area (Å²) in [5, 5.41) is 14.8. The van der Waals surface area contributed by atoms with Crippen LogP contribution in [0.4, 0.5) is 0 Å². The smallest absolute Gasteiger partial charge is 0.323 e. The van der Waals surface area contributed by atoms with Crippen LogP contribution < -0.4 is 10.6 Å². The summed E-state index contributed by atoms with van der Waals surface area (Å²) in [6.07, 6.45) is 2.52. The maximum atomic E-state index is 13.2. The van der Waals surface area contributed by atoms with Crippen LogP contribution in [0.3, 0.4) is 0 Å². The highest BCUT2D eigenvalue weighted by Gasteiger charge is 2.38. The highest BCUT2D eigenvalue weighted by atomic mass is 16.7. The molecule has 3 unspecified atom stereocenters. The second-order valence-electron chi connectivity index (χ2n) is 16.1. The number of rotatable bonds is 17. The van der Waals surface area contributed by atoms with E-state index in [9.17, 15) is 43.5 Å². The first kappa shape index (κ1) is 46.6. The number of ether oxygens (including phenoxy) is 2. The second-order valence-corrected chi connectivity index (χ2v) is 16.1. The van der Waals surface area contributed by atoms with Crippen molar-refractivity contribution in [1.82, 2.24) is 30.2 Å². The maximum Gasteiger partial charge on any atom is 0.323 e. The van der Waals surface area contributed by atoms with Crippen molar-refractivity contribution in [3.63, 3.8) is 0 Å². The number of carboxylic acids is 1. The zero-order valence-corrected chi connectivity index (χ0v) is 33.9. The summed E-state index contributed by atoms with van der Waals surface area (Å²) < 4.78 is 10.1. The Kier molecular flexibility index (Phi) is 19.5. The lowest BCUT2D eigenvalue weighted by Crippen LogP contribution is -2.49. The van der Waals surface area contributed by atoms with Gasteiger partial charge in [-0.2, -0.15) is 0 Å². The van der Waals surface area contributed by atoms with Crippen molar-refractivity contribution >= 4 is 47.1 Å². The fourth-order valence-electron chi connectivity index (χ4n) is 7.69. The number of ketones is 3. The van der Waals surface area contributed by atoms with Gasteiger partial charge in [0.1, 0.15) is 5.78 Å². The number of nitrogens with one attached hydrogen (secondary N) is 2. The highest BCUT2D eigenvalue weighted by molar-refractivity contribution is 5.94. The quantitative estimate of drug-likeness (QED) is 0.133. The molecule has 2 bridgehead atoms. The Bertz CT molecular complexity index is 1360. The SMILES string of the molecule is CC(C)[C@@H]1CCCC1C(=O)[C@@H](C)NC(=O)[C@@H](CC(=O)CNC(=O)CCC(=O)CN1CCN2CCN(CC(=O)O)CCN(CC1)CC(=O)OCOC(=O)C2)C(C)C. The molecule has 3 rings (SSSR count). The molecule has 0 spiro atoms.